The zero-order valence-corrected chi connectivity index (χ0v) is 13.6. The van der Waals surface area contributed by atoms with E-state index in [1.807, 2.05) is 13.8 Å². The Bertz CT molecular complexity index is 621. The molecule has 122 valence electrons. The van der Waals surface area contributed by atoms with Gasteiger partial charge in [0.15, 0.2) is 0 Å². The highest BCUT2D eigenvalue weighted by atomic mass is 32.2. The van der Waals surface area contributed by atoms with Gasteiger partial charge in [-0.25, -0.2) is 12.8 Å². The van der Waals surface area contributed by atoms with Gasteiger partial charge in [-0.15, -0.1) is 0 Å². The number of amides is 1. The molecule has 1 aromatic carbocycles. The number of piperidine rings is 1. The maximum absolute atomic E-state index is 12.9. The molecule has 0 saturated carbocycles. The molecular weight excluding hydrogens is 307 g/mol. The van der Waals surface area contributed by atoms with E-state index in [-0.39, 0.29) is 22.8 Å². The lowest BCUT2D eigenvalue weighted by Crippen LogP contribution is -2.47. The third-order valence-electron chi connectivity index (χ3n) is 3.78. The molecule has 1 fully saturated rings. The highest BCUT2D eigenvalue weighted by Crippen LogP contribution is 2.21. The molecule has 0 unspecified atom stereocenters. The Kier molecular flexibility index (Phi) is 5.18. The fourth-order valence-corrected chi connectivity index (χ4v) is 3.83. The molecule has 1 N–H and O–H groups in total. The van der Waals surface area contributed by atoms with E-state index < -0.39 is 15.8 Å². The fourth-order valence-electron chi connectivity index (χ4n) is 2.36. The minimum atomic E-state index is -3.59. The van der Waals surface area contributed by atoms with Crippen molar-refractivity contribution in [2.45, 2.75) is 37.6 Å². The van der Waals surface area contributed by atoms with Gasteiger partial charge in [-0.2, -0.15) is 4.31 Å². The summed E-state index contributed by atoms with van der Waals surface area (Å²) in [6.45, 7) is 4.35. The third kappa shape index (κ3) is 3.84. The van der Waals surface area contributed by atoms with Crippen LogP contribution in [0.4, 0.5) is 4.39 Å². The normalized spacial score (nSPS) is 17.6. The summed E-state index contributed by atoms with van der Waals surface area (Å²) in [5.41, 5.74) is 0. The topological polar surface area (TPSA) is 66.5 Å². The molecule has 0 spiro atoms. The molecule has 22 heavy (non-hydrogen) atoms. The summed E-state index contributed by atoms with van der Waals surface area (Å²) in [4.78, 5) is 11.8. The lowest BCUT2D eigenvalue weighted by atomic mass is 10.1. The van der Waals surface area contributed by atoms with Crippen LogP contribution in [0.5, 0.6) is 0 Å². The van der Waals surface area contributed by atoms with Gasteiger partial charge >= 0.3 is 0 Å². The summed E-state index contributed by atoms with van der Waals surface area (Å²) < 4.78 is 39.2. The molecule has 0 atom stereocenters. The number of carbonyl (C=O) groups excluding carboxylic acids is 1. The van der Waals surface area contributed by atoms with E-state index in [4.69, 9.17) is 0 Å². The SMILES string of the molecule is CC(C)C(=O)NC1CCN(S(=O)(=O)c2ccc(F)cc2)CC1. The van der Waals surface area contributed by atoms with Crippen LogP contribution >= 0.6 is 0 Å². The lowest BCUT2D eigenvalue weighted by molar-refractivity contribution is -0.124. The zero-order chi connectivity index (χ0) is 16.3. The molecule has 0 bridgehead atoms. The standard InChI is InChI=1S/C15H21FN2O3S/c1-11(2)15(19)17-13-7-9-18(10-8-13)22(20,21)14-5-3-12(16)4-6-14/h3-6,11,13H,7-10H2,1-2H3,(H,17,19). The predicted octanol–water partition coefficient (Wildman–Crippen LogP) is 1.75. The Morgan fingerprint density at radius 2 is 1.77 bits per heavy atom. The van der Waals surface area contributed by atoms with E-state index in [2.05, 4.69) is 5.32 Å². The van der Waals surface area contributed by atoms with E-state index >= 15 is 0 Å². The molecule has 1 amide bonds. The number of nitrogens with zero attached hydrogens (tertiary/aromatic N) is 1. The second kappa shape index (κ2) is 6.75. The van der Waals surface area contributed by atoms with Crippen LogP contribution in [0.3, 0.4) is 0 Å². The van der Waals surface area contributed by atoms with Crippen molar-refractivity contribution in [1.29, 1.82) is 0 Å². The fraction of sp³-hybridized carbons (Fsp3) is 0.533. The van der Waals surface area contributed by atoms with Crippen LogP contribution in [0.25, 0.3) is 0 Å². The van der Waals surface area contributed by atoms with Crippen molar-refractivity contribution in [3.63, 3.8) is 0 Å². The summed E-state index contributed by atoms with van der Waals surface area (Å²) >= 11 is 0. The molecule has 7 heteroatoms. The molecular formula is C15H21FN2O3S. The predicted molar refractivity (Wildman–Crippen MR) is 81.2 cm³/mol. The summed E-state index contributed by atoms with van der Waals surface area (Å²) in [5.74, 6) is -0.560. The third-order valence-corrected chi connectivity index (χ3v) is 5.69. The van der Waals surface area contributed by atoms with Crippen LogP contribution in [0.1, 0.15) is 26.7 Å². The van der Waals surface area contributed by atoms with Crippen LogP contribution in [-0.4, -0.2) is 37.8 Å². The van der Waals surface area contributed by atoms with Crippen molar-refractivity contribution in [1.82, 2.24) is 9.62 Å². The Morgan fingerprint density at radius 1 is 1.23 bits per heavy atom. The summed E-state index contributed by atoms with van der Waals surface area (Å²) in [7, 11) is -3.59. The monoisotopic (exact) mass is 328 g/mol. The first-order valence-corrected chi connectivity index (χ1v) is 8.81. The van der Waals surface area contributed by atoms with E-state index in [0.717, 1.165) is 12.1 Å². The molecule has 0 radical (unpaired) electrons. The van der Waals surface area contributed by atoms with Crippen LogP contribution in [0, 0.1) is 11.7 Å². The summed E-state index contributed by atoms with van der Waals surface area (Å²) in [6.07, 6.45) is 1.16. The van der Waals surface area contributed by atoms with Gasteiger partial charge < -0.3 is 5.32 Å². The smallest absolute Gasteiger partial charge is 0.243 e. The number of hydrogen-bond donors (Lipinski definition) is 1. The Hall–Kier alpha value is -1.47. The Morgan fingerprint density at radius 3 is 2.27 bits per heavy atom. The first-order chi connectivity index (χ1) is 10.3. The number of nitrogens with one attached hydrogen (secondary N) is 1. The maximum Gasteiger partial charge on any atom is 0.243 e. The molecule has 0 aromatic heterocycles. The molecule has 1 aliphatic heterocycles. The molecule has 5 nitrogen and oxygen atoms in total. The average molecular weight is 328 g/mol. The minimum absolute atomic E-state index is 0.00886. The Balaban J connectivity index is 1.99. The molecule has 1 saturated heterocycles. The second-order valence-electron chi connectivity index (χ2n) is 5.80. The van der Waals surface area contributed by atoms with Gasteiger partial charge in [-0.3, -0.25) is 4.79 Å². The van der Waals surface area contributed by atoms with Gasteiger partial charge in [0, 0.05) is 25.0 Å². The first kappa shape index (κ1) is 16.9. The molecule has 2 rings (SSSR count). The van der Waals surface area contributed by atoms with Gasteiger partial charge in [0.05, 0.1) is 4.90 Å². The molecule has 1 heterocycles. The Labute approximate surface area is 130 Å². The molecule has 1 aliphatic rings. The number of benzene rings is 1. The van der Waals surface area contributed by atoms with Crippen molar-refractivity contribution in [3.05, 3.63) is 30.1 Å². The number of halogens is 1. The van der Waals surface area contributed by atoms with E-state index in [9.17, 15) is 17.6 Å². The van der Waals surface area contributed by atoms with Gasteiger partial charge in [-0.05, 0) is 37.1 Å². The van der Waals surface area contributed by atoms with Crippen molar-refractivity contribution in [3.8, 4) is 0 Å². The second-order valence-corrected chi connectivity index (χ2v) is 7.73. The van der Waals surface area contributed by atoms with Crippen LogP contribution in [0.15, 0.2) is 29.2 Å². The molecule has 1 aromatic rings. The summed E-state index contributed by atoms with van der Waals surface area (Å²) in [6, 6.07) is 4.84. The average Bonchev–Trinajstić information content (AvgIpc) is 2.48. The highest BCUT2D eigenvalue weighted by Gasteiger charge is 2.30. The van der Waals surface area contributed by atoms with Crippen molar-refractivity contribution < 1.29 is 17.6 Å². The largest absolute Gasteiger partial charge is 0.353 e. The minimum Gasteiger partial charge on any atom is -0.353 e. The van der Waals surface area contributed by atoms with E-state index in [1.165, 1.54) is 16.4 Å². The quantitative estimate of drug-likeness (QED) is 0.916. The van der Waals surface area contributed by atoms with E-state index in [0.29, 0.717) is 25.9 Å². The van der Waals surface area contributed by atoms with Crippen LogP contribution in [0.2, 0.25) is 0 Å². The first-order valence-electron chi connectivity index (χ1n) is 7.37. The van der Waals surface area contributed by atoms with Gasteiger partial charge in [-0.1, -0.05) is 13.8 Å². The van der Waals surface area contributed by atoms with Crippen LogP contribution in [-0.2, 0) is 14.8 Å². The lowest BCUT2D eigenvalue weighted by Gasteiger charge is -2.32. The van der Waals surface area contributed by atoms with Crippen molar-refractivity contribution in [2.24, 2.45) is 5.92 Å². The zero-order valence-electron chi connectivity index (χ0n) is 12.8. The van der Waals surface area contributed by atoms with Gasteiger partial charge in [0.2, 0.25) is 15.9 Å². The number of carbonyl (C=O) groups is 1. The maximum atomic E-state index is 12.9. The van der Waals surface area contributed by atoms with E-state index in [1.54, 1.807) is 0 Å². The van der Waals surface area contributed by atoms with Crippen LogP contribution < -0.4 is 5.32 Å². The number of hydrogen-bond acceptors (Lipinski definition) is 3. The van der Waals surface area contributed by atoms with Gasteiger partial charge in [0.25, 0.3) is 0 Å². The molecule has 0 aliphatic carbocycles. The van der Waals surface area contributed by atoms with Gasteiger partial charge in [0.1, 0.15) is 5.82 Å². The van der Waals surface area contributed by atoms with Crippen molar-refractivity contribution >= 4 is 15.9 Å². The van der Waals surface area contributed by atoms with Crippen molar-refractivity contribution in [2.75, 3.05) is 13.1 Å². The summed E-state index contributed by atoms with van der Waals surface area (Å²) in [5, 5.41) is 2.93. The number of rotatable bonds is 4. The highest BCUT2D eigenvalue weighted by molar-refractivity contribution is 7.89. The number of sulfonamides is 1.